The number of nitrogens with one attached hydrogen (secondary N) is 1. The van der Waals surface area contributed by atoms with Crippen LogP contribution in [0.4, 0.5) is 4.39 Å². The van der Waals surface area contributed by atoms with Crippen LogP contribution >= 0.6 is 0 Å². The fraction of sp³-hybridized carbons (Fsp3) is 0.750. The zero-order valence-corrected chi connectivity index (χ0v) is 19.9. The van der Waals surface area contributed by atoms with Crippen molar-refractivity contribution in [3.63, 3.8) is 0 Å². The van der Waals surface area contributed by atoms with Gasteiger partial charge in [-0.2, -0.15) is 0 Å². The van der Waals surface area contributed by atoms with Crippen LogP contribution in [-0.2, 0) is 0 Å². The van der Waals surface area contributed by atoms with Gasteiger partial charge in [0.15, 0.2) is 0 Å². The SMILES string of the molecule is C[C@@H](NC(=O)c1ccccc1F)C1CC[C@H]2[C@@H]3CC[C@@H]4C[C@](C)(O)CC[C@@H]4[C@H]3CC[C@]12C. The second kappa shape index (κ2) is 8.11. The van der Waals surface area contributed by atoms with Gasteiger partial charge in [0.05, 0.1) is 11.2 Å². The third-order valence-electron chi connectivity index (χ3n) is 10.4. The number of benzene rings is 1. The topological polar surface area (TPSA) is 49.3 Å². The standard InChI is InChI=1S/C28H40FNO2/c1-17(30-26(31)22-6-4-5-7-25(22)29)23-10-11-24-21-9-8-18-16-27(2,32)14-12-19(18)20(21)13-15-28(23,24)3/h4-7,17-21,23-24,32H,8-16H2,1-3H3,(H,30,31)/t17-,18-,19+,20-,21-,23?,24+,27-,28-/m1/s1. The predicted molar refractivity (Wildman–Crippen MR) is 125 cm³/mol. The quantitative estimate of drug-likeness (QED) is 0.608. The molecule has 5 rings (SSSR count). The highest BCUT2D eigenvalue weighted by Gasteiger charge is 2.58. The Bertz CT molecular complexity index is 869. The van der Waals surface area contributed by atoms with Crippen LogP contribution in [0.2, 0.25) is 0 Å². The van der Waals surface area contributed by atoms with Crippen molar-refractivity contribution in [1.82, 2.24) is 5.32 Å². The number of aliphatic hydroxyl groups is 1. The van der Waals surface area contributed by atoms with Crippen LogP contribution in [0.15, 0.2) is 24.3 Å². The molecule has 4 aliphatic carbocycles. The minimum atomic E-state index is -0.457. The average molecular weight is 442 g/mol. The minimum Gasteiger partial charge on any atom is -0.390 e. The van der Waals surface area contributed by atoms with Gasteiger partial charge in [-0.15, -0.1) is 0 Å². The van der Waals surface area contributed by atoms with Crippen molar-refractivity contribution >= 4 is 5.91 Å². The van der Waals surface area contributed by atoms with E-state index in [1.54, 1.807) is 18.2 Å². The molecule has 1 unspecified atom stereocenters. The second-order valence-electron chi connectivity index (χ2n) is 12.1. The molecule has 0 aliphatic heterocycles. The van der Waals surface area contributed by atoms with E-state index >= 15 is 0 Å². The lowest BCUT2D eigenvalue weighted by Gasteiger charge is -2.57. The van der Waals surface area contributed by atoms with Crippen LogP contribution in [0.5, 0.6) is 0 Å². The Morgan fingerprint density at radius 2 is 1.78 bits per heavy atom. The first-order valence-corrected chi connectivity index (χ1v) is 13.0. The highest BCUT2D eigenvalue weighted by molar-refractivity contribution is 5.94. The second-order valence-corrected chi connectivity index (χ2v) is 12.1. The molecular formula is C28H40FNO2. The third-order valence-corrected chi connectivity index (χ3v) is 10.4. The maximum absolute atomic E-state index is 14.1. The summed E-state index contributed by atoms with van der Waals surface area (Å²) in [4.78, 5) is 12.8. The van der Waals surface area contributed by atoms with E-state index in [-0.39, 0.29) is 22.9 Å². The van der Waals surface area contributed by atoms with Crippen molar-refractivity contribution < 1.29 is 14.3 Å². The summed E-state index contributed by atoms with van der Waals surface area (Å²) in [7, 11) is 0. The number of rotatable bonds is 3. The Kier molecular flexibility index (Phi) is 5.67. The molecule has 4 saturated carbocycles. The van der Waals surface area contributed by atoms with Crippen molar-refractivity contribution in [2.24, 2.45) is 40.9 Å². The zero-order chi connectivity index (χ0) is 22.7. The van der Waals surface area contributed by atoms with Crippen molar-refractivity contribution in [1.29, 1.82) is 0 Å². The number of hydrogen-bond donors (Lipinski definition) is 2. The molecule has 1 aromatic rings. The monoisotopic (exact) mass is 441 g/mol. The number of amides is 1. The van der Waals surface area contributed by atoms with Crippen LogP contribution < -0.4 is 5.32 Å². The molecule has 3 nitrogen and oxygen atoms in total. The Morgan fingerprint density at radius 1 is 1.03 bits per heavy atom. The van der Waals surface area contributed by atoms with Gasteiger partial charge in [0.1, 0.15) is 5.82 Å². The highest BCUT2D eigenvalue weighted by Crippen LogP contribution is 2.65. The van der Waals surface area contributed by atoms with Gasteiger partial charge in [-0.1, -0.05) is 19.1 Å². The van der Waals surface area contributed by atoms with Crippen LogP contribution in [0, 0.1) is 46.7 Å². The van der Waals surface area contributed by atoms with Crippen molar-refractivity contribution in [2.75, 3.05) is 0 Å². The van der Waals surface area contributed by atoms with E-state index in [2.05, 4.69) is 19.2 Å². The molecule has 0 radical (unpaired) electrons. The van der Waals surface area contributed by atoms with Gasteiger partial charge in [0.25, 0.3) is 5.91 Å². The lowest BCUT2D eigenvalue weighted by atomic mass is 9.49. The molecule has 1 aromatic carbocycles. The smallest absolute Gasteiger partial charge is 0.254 e. The lowest BCUT2D eigenvalue weighted by Crippen LogP contribution is -2.52. The van der Waals surface area contributed by atoms with E-state index in [1.807, 2.05) is 6.92 Å². The summed E-state index contributed by atoms with van der Waals surface area (Å²) in [6.45, 7) is 6.64. The molecule has 2 N–H and O–H groups in total. The number of fused-ring (bicyclic) bond motifs is 5. The molecule has 4 aliphatic rings. The Hall–Kier alpha value is -1.42. The van der Waals surface area contributed by atoms with Crippen molar-refractivity contribution in [3.05, 3.63) is 35.6 Å². The van der Waals surface area contributed by atoms with E-state index in [9.17, 15) is 14.3 Å². The number of carbonyl (C=O) groups excluding carboxylic acids is 1. The third kappa shape index (κ3) is 3.71. The lowest BCUT2D eigenvalue weighted by molar-refractivity contribution is -0.101. The normalized spacial score (nSPS) is 44.2. The van der Waals surface area contributed by atoms with Gasteiger partial charge >= 0.3 is 0 Å². The maximum Gasteiger partial charge on any atom is 0.254 e. The first kappa shape index (κ1) is 22.4. The zero-order valence-electron chi connectivity index (χ0n) is 19.9. The average Bonchev–Trinajstić information content (AvgIpc) is 3.10. The summed E-state index contributed by atoms with van der Waals surface area (Å²) in [5, 5.41) is 13.8. The molecule has 0 spiro atoms. The molecule has 0 aromatic heterocycles. The van der Waals surface area contributed by atoms with Crippen LogP contribution in [0.3, 0.4) is 0 Å². The molecule has 9 atom stereocenters. The van der Waals surface area contributed by atoms with Crippen molar-refractivity contribution in [3.8, 4) is 0 Å². The summed E-state index contributed by atoms with van der Waals surface area (Å²) in [5.41, 5.74) is -0.0494. The molecule has 0 bridgehead atoms. The first-order valence-electron chi connectivity index (χ1n) is 13.0. The van der Waals surface area contributed by atoms with Crippen LogP contribution in [-0.4, -0.2) is 22.7 Å². The number of hydrogen-bond acceptors (Lipinski definition) is 2. The molecule has 32 heavy (non-hydrogen) atoms. The largest absolute Gasteiger partial charge is 0.390 e. The van der Waals surface area contributed by atoms with Gasteiger partial charge in [-0.3, -0.25) is 4.79 Å². The van der Waals surface area contributed by atoms with E-state index in [0.29, 0.717) is 11.8 Å². The van der Waals surface area contributed by atoms with E-state index < -0.39 is 11.4 Å². The molecule has 4 fully saturated rings. The van der Waals surface area contributed by atoms with Gasteiger partial charge in [0.2, 0.25) is 0 Å². The predicted octanol–water partition coefficient (Wildman–Crippen LogP) is 5.96. The Labute approximate surface area is 192 Å². The maximum atomic E-state index is 14.1. The summed E-state index contributed by atoms with van der Waals surface area (Å²) in [6.07, 6.45) is 10.7. The van der Waals surface area contributed by atoms with Crippen LogP contribution in [0.1, 0.15) is 88.9 Å². The summed E-state index contributed by atoms with van der Waals surface area (Å²) >= 11 is 0. The fourth-order valence-corrected chi connectivity index (χ4v) is 8.97. The van der Waals surface area contributed by atoms with Gasteiger partial charge < -0.3 is 10.4 Å². The van der Waals surface area contributed by atoms with E-state index in [4.69, 9.17) is 0 Å². The molecule has 176 valence electrons. The van der Waals surface area contributed by atoms with Crippen molar-refractivity contribution in [2.45, 2.75) is 90.2 Å². The minimum absolute atomic E-state index is 0.0507. The van der Waals surface area contributed by atoms with E-state index in [0.717, 1.165) is 42.9 Å². The fourth-order valence-electron chi connectivity index (χ4n) is 8.97. The Morgan fingerprint density at radius 3 is 2.56 bits per heavy atom. The molecule has 0 heterocycles. The van der Waals surface area contributed by atoms with E-state index in [1.165, 1.54) is 44.6 Å². The summed E-state index contributed by atoms with van der Waals surface area (Å²) in [5.74, 6) is 3.60. The first-order chi connectivity index (χ1) is 15.2. The molecule has 4 heteroatoms. The number of carbonyl (C=O) groups is 1. The van der Waals surface area contributed by atoms with Gasteiger partial charge in [-0.05, 0) is 125 Å². The highest BCUT2D eigenvalue weighted by atomic mass is 19.1. The Balaban J connectivity index is 1.29. The molecule has 0 saturated heterocycles. The molecule has 1 amide bonds. The number of halogens is 1. The summed E-state index contributed by atoms with van der Waals surface area (Å²) in [6, 6.07) is 6.32. The van der Waals surface area contributed by atoms with Crippen LogP contribution in [0.25, 0.3) is 0 Å². The van der Waals surface area contributed by atoms with Gasteiger partial charge in [-0.25, -0.2) is 4.39 Å². The molecular weight excluding hydrogens is 401 g/mol. The summed E-state index contributed by atoms with van der Waals surface area (Å²) < 4.78 is 14.1. The van der Waals surface area contributed by atoms with Gasteiger partial charge in [0, 0.05) is 6.04 Å².